The molecule has 1 aromatic carbocycles. The smallest absolute Gasteiger partial charge is 0.267 e. The molecule has 0 spiro atoms. The molecule has 0 fully saturated rings. The maximum absolute atomic E-state index is 12.4. The zero-order valence-electron chi connectivity index (χ0n) is 12.4. The highest BCUT2D eigenvalue weighted by Gasteiger charge is 2.22. The van der Waals surface area contributed by atoms with Gasteiger partial charge in [0.15, 0.2) is 11.4 Å². The molecule has 0 saturated heterocycles. The molecule has 1 amide bonds. The maximum atomic E-state index is 12.4. The van der Waals surface area contributed by atoms with E-state index >= 15 is 0 Å². The Labute approximate surface area is 134 Å². The van der Waals surface area contributed by atoms with E-state index in [4.69, 9.17) is 4.63 Å². The summed E-state index contributed by atoms with van der Waals surface area (Å²) in [6, 6.07) is 6.76. The second kappa shape index (κ2) is 5.69. The van der Waals surface area contributed by atoms with Gasteiger partial charge in [-0.2, -0.15) is 10.2 Å². The highest BCUT2D eigenvalue weighted by molar-refractivity contribution is 6.06. The minimum atomic E-state index is -0.515. The lowest BCUT2D eigenvalue weighted by atomic mass is 9.99. The number of aromatic nitrogens is 4. The van der Waals surface area contributed by atoms with Crippen LogP contribution in [0.4, 0.5) is 0 Å². The van der Waals surface area contributed by atoms with E-state index in [1.807, 2.05) is 0 Å². The van der Waals surface area contributed by atoms with Crippen molar-refractivity contribution in [2.24, 2.45) is 5.10 Å². The Morgan fingerprint density at radius 1 is 1.21 bits per heavy atom. The van der Waals surface area contributed by atoms with Crippen LogP contribution in [0, 0.1) is 0 Å². The predicted octanol–water partition coefficient (Wildman–Crippen LogP) is 0.776. The molecule has 0 radical (unpaired) electrons. The first-order valence-electron chi connectivity index (χ1n) is 7.40. The van der Waals surface area contributed by atoms with Crippen molar-refractivity contribution in [3.05, 3.63) is 51.7 Å². The number of aromatic amines is 1. The summed E-state index contributed by atoms with van der Waals surface area (Å²) in [5, 5.41) is 18.8. The number of carbonyl (C=O) groups excluding carboxylic acids is 1. The van der Waals surface area contributed by atoms with E-state index in [-0.39, 0.29) is 11.3 Å². The molecule has 3 aromatic rings. The third-order valence-corrected chi connectivity index (χ3v) is 3.86. The van der Waals surface area contributed by atoms with E-state index in [9.17, 15) is 9.59 Å². The molecular formula is C15H12N6O3. The van der Waals surface area contributed by atoms with E-state index in [1.54, 1.807) is 24.3 Å². The van der Waals surface area contributed by atoms with Crippen molar-refractivity contribution in [2.75, 3.05) is 0 Å². The van der Waals surface area contributed by atoms with Gasteiger partial charge >= 0.3 is 0 Å². The van der Waals surface area contributed by atoms with E-state index < -0.39 is 5.91 Å². The van der Waals surface area contributed by atoms with Crippen LogP contribution < -0.4 is 11.0 Å². The standard InChI is InChI=1S/C15H12N6O3/c22-14-9-5-2-1-4-8(9)12(17-18-14)15(23)19-16-10-6-3-7-11-13(10)21-24-20-11/h1-2,4-5H,3,6-7H2,(H,18,22)(H,19,23)/b16-10+. The van der Waals surface area contributed by atoms with Crippen molar-refractivity contribution in [1.29, 1.82) is 0 Å². The van der Waals surface area contributed by atoms with Gasteiger partial charge in [0.05, 0.1) is 11.1 Å². The summed E-state index contributed by atoms with van der Waals surface area (Å²) in [5.74, 6) is -0.515. The Morgan fingerprint density at radius 3 is 2.92 bits per heavy atom. The molecule has 120 valence electrons. The Kier molecular flexibility index (Phi) is 3.38. The Balaban J connectivity index is 1.66. The molecule has 2 heterocycles. The van der Waals surface area contributed by atoms with Gasteiger partial charge in [-0.25, -0.2) is 15.2 Å². The van der Waals surface area contributed by atoms with Crippen molar-refractivity contribution in [1.82, 2.24) is 25.9 Å². The molecule has 0 bridgehead atoms. The van der Waals surface area contributed by atoms with Gasteiger partial charge in [0.2, 0.25) is 0 Å². The zero-order valence-corrected chi connectivity index (χ0v) is 12.4. The van der Waals surface area contributed by atoms with Crippen molar-refractivity contribution in [2.45, 2.75) is 19.3 Å². The predicted molar refractivity (Wildman–Crippen MR) is 83.6 cm³/mol. The van der Waals surface area contributed by atoms with Crippen LogP contribution in [-0.2, 0) is 6.42 Å². The van der Waals surface area contributed by atoms with Crippen LogP contribution in [0.5, 0.6) is 0 Å². The number of carbonyl (C=O) groups is 1. The van der Waals surface area contributed by atoms with Crippen LogP contribution in [0.3, 0.4) is 0 Å². The number of amides is 1. The number of benzene rings is 1. The SMILES string of the molecule is O=C(N/N=C1\CCCc2nonc21)c1n[nH]c(=O)c2ccccc12. The summed E-state index contributed by atoms with van der Waals surface area (Å²) in [6.07, 6.45) is 2.30. The normalized spacial score (nSPS) is 15.4. The first-order chi connectivity index (χ1) is 11.7. The van der Waals surface area contributed by atoms with Crippen LogP contribution in [0.25, 0.3) is 10.8 Å². The van der Waals surface area contributed by atoms with Crippen molar-refractivity contribution in [3.8, 4) is 0 Å². The molecule has 0 aliphatic heterocycles. The van der Waals surface area contributed by atoms with Crippen molar-refractivity contribution >= 4 is 22.4 Å². The number of aryl methyl sites for hydroxylation is 1. The van der Waals surface area contributed by atoms with Gasteiger partial charge in [-0.05, 0) is 30.5 Å². The summed E-state index contributed by atoms with van der Waals surface area (Å²) in [7, 11) is 0. The Morgan fingerprint density at radius 2 is 2.04 bits per heavy atom. The van der Waals surface area contributed by atoms with Gasteiger partial charge in [0.25, 0.3) is 11.5 Å². The number of fused-ring (bicyclic) bond motifs is 2. The van der Waals surface area contributed by atoms with Gasteiger partial charge < -0.3 is 0 Å². The molecule has 0 unspecified atom stereocenters. The van der Waals surface area contributed by atoms with E-state index in [0.29, 0.717) is 28.6 Å². The largest absolute Gasteiger partial charge is 0.292 e. The number of nitrogens with zero attached hydrogens (tertiary/aromatic N) is 4. The highest BCUT2D eigenvalue weighted by Crippen LogP contribution is 2.18. The second-order valence-corrected chi connectivity index (χ2v) is 5.36. The summed E-state index contributed by atoms with van der Waals surface area (Å²) in [5.41, 5.74) is 4.14. The van der Waals surface area contributed by atoms with Gasteiger partial charge in [-0.1, -0.05) is 23.4 Å². The number of H-pyrrole nitrogens is 1. The molecule has 9 nitrogen and oxygen atoms in total. The number of nitrogens with one attached hydrogen (secondary N) is 2. The second-order valence-electron chi connectivity index (χ2n) is 5.36. The Hall–Kier alpha value is -3.36. The van der Waals surface area contributed by atoms with Crippen LogP contribution in [0.1, 0.15) is 34.7 Å². The number of rotatable bonds is 2. The van der Waals surface area contributed by atoms with Crippen molar-refractivity contribution < 1.29 is 9.42 Å². The fourth-order valence-corrected chi connectivity index (χ4v) is 2.70. The summed E-state index contributed by atoms with van der Waals surface area (Å²) in [4.78, 5) is 24.2. The summed E-state index contributed by atoms with van der Waals surface area (Å²) >= 11 is 0. The minimum Gasteiger partial charge on any atom is -0.267 e. The van der Waals surface area contributed by atoms with Crippen LogP contribution in [0.15, 0.2) is 38.8 Å². The van der Waals surface area contributed by atoms with Crippen molar-refractivity contribution in [3.63, 3.8) is 0 Å². The molecule has 9 heteroatoms. The summed E-state index contributed by atoms with van der Waals surface area (Å²) in [6.45, 7) is 0. The Bertz CT molecular complexity index is 1020. The topological polar surface area (TPSA) is 126 Å². The van der Waals surface area contributed by atoms with E-state index in [1.165, 1.54) is 0 Å². The fraction of sp³-hybridized carbons (Fsp3) is 0.200. The third-order valence-electron chi connectivity index (χ3n) is 3.86. The van der Waals surface area contributed by atoms with E-state index in [0.717, 1.165) is 18.5 Å². The average molecular weight is 324 g/mol. The lowest BCUT2D eigenvalue weighted by molar-refractivity contribution is 0.0950. The highest BCUT2D eigenvalue weighted by atomic mass is 16.6. The monoisotopic (exact) mass is 324 g/mol. The average Bonchev–Trinajstić information content (AvgIpc) is 3.09. The van der Waals surface area contributed by atoms with Crippen LogP contribution in [0.2, 0.25) is 0 Å². The lowest BCUT2D eigenvalue weighted by Crippen LogP contribution is -2.25. The molecule has 2 N–H and O–H groups in total. The van der Waals surface area contributed by atoms with Gasteiger partial charge in [0, 0.05) is 5.39 Å². The van der Waals surface area contributed by atoms with Gasteiger partial charge in [-0.15, -0.1) is 0 Å². The number of hydrogen-bond acceptors (Lipinski definition) is 7. The quantitative estimate of drug-likeness (QED) is 0.671. The maximum Gasteiger partial charge on any atom is 0.292 e. The molecular weight excluding hydrogens is 312 g/mol. The molecule has 2 aromatic heterocycles. The molecule has 1 aliphatic rings. The van der Waals surface area contributed by atoms with Gasteiger partial charge in [-0.3, -0.25) is 9.59 Å². The minimum absolute atomic E-state index is 0.101. The molecule has 1 aliphatic carbocycles. The van der Waals surface area contributed by atoms with Crippen LogP contribution >= 0.6 is 0 Å². The molecule has 0 saturated carbocycles. The molecule has 4 rings (SSSR count). The number of hydrogen-bond donors (Lipinski definition) is 2. The van der Waals surface area contributed by atoms with Gasteiger partial charge in [0.1, 0.15) is 5.69 Å². The summed E-state index contributed by atoms with van der Waals surface area (Å²) < 4.78 is 4.71. The van der Waals surface area contributed by atoms with Crippen LogP contribution in [-0.4, -0.2) is 32.1 Å². The lowest BCUT2D eigenvalue weighted by Gasteiger charge is -2.10. The first-order valence-corrected chi connectivity index (χ1v) is 7.40. The molecule has 24 heavy (non-hydrogen) atoms. The number of hydrazone groups is 1. The van der Waals surface area contributed by atoms with E-state index in [2.05, 4.69) is 31.0 Å². The first kappa shape index (κ1) is 14.2. The third kappa shape index (κ3) is 2.35. The molecule has 0 atom stereocenters. The zero-order chi connectivity index (χ0) is 16.5. The fourth-order valence-electron chi connectivity index (χ4n) is 2.70.